The minimum Gasteiger partial charge on any atom is -0.508 e. The molecule has 2 aromatic rings. The highest BCUT2D eigenvalue weighted by molar-refractivity contribution is 6.53. The lowest BCUT2D eigenvalue weighted by Crippen LogP contribution is -2.48. The van der Waals surface area contributed by atoms with Gasteiger partial charge in [-0.05, 0) is 55.1 Å². The molecule has 0 unspecified atom stereocenters. The van der Waals surface area contributed by atoms with E-state index in [1.165, 1.54) is 5.56 Å². The lowest BCUT2D eigenvalue weighted by Gasteiger charge is -2.42. The van der Waals surface area contributed by atoms with E-state index in [1.54, 1.807) is 23.1 Å². The number of phenolic OH excluding ortho intramolecular Hbond substituents is 1. The first-order valence-corrected chi connectivity index (χ1v) is 13.9. The van der Waals surface area contributed by atoms with Gasteiger partial charge in [0.05, 0.1) is 17.9 Å². The van der Waals surface area contributed by atoms with Crippen molar-refractivity contribution in [1.82, 2.24) is 9.80 Å². The van der Waals surface area contributed by atoms with E-state index in [4.69, 9.17) is 4.65 Å². The summed E-state index contributed by atoms with van der Waals surface area (Å²) in [5.74, 6) is -1.18. The highest BCUT2D eigenvalue weighted by atomic mass is 16.5. The van der Waals surface area contributed by atoms with Gasteiger partial charge in [-0.15, -0.1) is 0 Å². The largest absolute Gasteiger partial charge is 0.508 e. The fourth-order valence-electron chi connectivity index (χ4n) is 7.27. The first-order valence-electron chi connectivity index (χ1n) is 13.9. The highest BCUT2D eigenvalue weighted by Gasteiger charge is 2.58. The monoisotopic (exact) mass is 514 g/mol. The van der Waals surface area contributed by atoms with Gasteiger partial charge in [-0.3, -0.25) is 19.4 Å². The number of carbonyl (C=O) groups is 2. The molecule has 2 N–H and O–H groups in total. The predicted octanol–water partition coefficient (Wildman–Crippen LogP) is 3.87. The Morgan fingerprint density at radius 3 is 2.39 bits per heavy atom. The molecule has 198 valence electrons. The topological polar surface area (TPSA) is 90.3 Å². The van der Waals surface area contributed by atoms with Crippen LogP contribution in [-0.2, 0) is 20.8 Å². The minimum atomic E-state index is -1.15. The third kappa shape index (κ3) is 4.38. The Hall–Kier alpha value is -2.94. The van der Waals surface area contributed by atoms with Crippen molar-refractivity contribution in [3.05, 3.63) is 76.8 Å². The molecule has 3 aliphatic heterocycles. The molecular formula is C30H35BN2O5. The molecule has 1 aliphatic carbocycles. The number of fused-ring (bicyclic) bond motifs is 3. The van der Waals surface area contributed by atoms with Crippen LogP contribution in [0.1, 0.15) is 56.3 Å². The van der Waals surface area contributed by atoms with Crippen LogP contribution >= 0.6 is 0 Å². The van der Waals surface area contributed by atoms with Gasteiger partial charge in [0.1, 0.15) is 5.75 Å². The van der Waals surface area contributed by atoms with Crippen LogP contribution in [0.25, 0.3) is 0 Å². The number of imide groups is 1. The number of benzene rings is 2. The summed E-state index contributed by atoms with van der Waals surface area (Å²) in [6, 6.07) is 17.3. The molecule has 3 fully saturated rings. The summed E-state index contributed by atoms with van der Waals surface area (Å²) in [7, 11) is -1.15. The Kier molecular flexibility index (Phi) is 6.89. The second-order valence-corrected chi connectivity index (χ2v) is 11.2. The number of piperidine rings is 1. The zero-order valence-electron chi connectivity index (χ0n) is 21.8. The van der Waals surface area contributed by atoms with Crippen molar-refractivity contribution in [2.45, 2.75) is 57.7 Å². The number of rotatable bonds is 5. The number of hydrogen-bond acceptors (Lipinski definition) is 6. The van der Waals surface area contributed by atoms with E-state index in [0.29, 0.717) is 24.8 Å². The van der Waals surface area contributed by atoms with E-state index in [9.17, 15) is 19.7 Å². The van der Waals surface area contributed by atoms with Gasteiger partial charge in [0.15, 0.2) is 0 Å². The van der Waals surface area contributed by atoms with Crippen molar-refractivity contribution in [3.63, 3.8) is 0 Å². The van der Waals surface area contributed by atoms with Crippen LogP contribution in [0.2, 0.25) is 0 Å². The van der Waals surface area contributed by atoms with Crippen LogP contribution in [0.4, 0.5) is 0 Å². The fourth-order valence-corrected chi connectivity index (χ4v) is 7.27. The summed E-state index contributed by atoms with van der Waals surface area (Å²) >= 11 is 0. The molecule has 0 spiro atoms. The second-order valence-electron chi connectivity index (χ2n) is 11.2. The lowest BCUT2D eigenvalue weighted by molar-refractivity contribution is -0.144. The number of nitrogens with zero attached hydrogens (tertiary/aromatic N) is 2. The van der Waals surface area contributed by atoms with Gasteiger partial charge < -0.3 is 14.8 Å². The molecule has 2 aromatic carbocycles. The number of para-hydroxylation sites is 1. The van der Waals surface area contributed by atoms with Crippen molar-refractivity contribution in [3.8, 4) is 5.75 Å². The smallest absolute Gasteiger partial charge is 0.487 e. The molecule has 38 heavy (non-hydrogen) atoms. The van der Waals surface area contributed by atoms with Gasteiger partial charge in [-0.1, -0.05) is 61.0 Å². The fraction of sp³-hybridized carbons (Fsp3) is 0.467. The van der Waals surface area contributed by atoms with Gasteiger partial charge in [-0.25, -0.2) is 0 Å². The number of likely N-dealkylation sites (tertiary alicyclic amines) is 2. The van der Waals surface area contributed by atoms with Gasteiger partial charge in [0, 0.05) is 31.2 Å². The van der Waals surface area contributed by atoms with Crippen LogP contribution in [0.15, 0.2) is 65.6 Å². The number of amides is 2. The Balaban J connectivity index is 1.22. The molecular weight excluding hydrogens is 479 g/mol. The maximum Gasteiger partial charge on any atom is 0.487 e. The second kappa shape index (κ2) is 10.3. The quantitative estimate of drug-likeness (QED) is 0.465. The Bertz CT molecular complexity index is 1240. The van der Waals surface area contributed by atoms with Crippen LogP contribution in [0, 0.1) is 17.8 Å². The minimum absolute atomic E-state index is 0.0494. The molecule has 4 aliphatic rings. The first kappa shape index (κ1) is 25.3. The third-order valence-corrected chi connectivity index (χ3v) is 9.13. The van der Waals surface area contributed by atoms with Crippen molar-refractivity contribution in [1.29, 1.82) is 0 Å². The number of carbonyl (C=O) groups excluding carboxylic acids is 2. The first-order chi connectivity index (χ1) is 18.5. The molecule has 8 heteroatoms. The standard InChI is InChI=1S/C30H35BN2O5/c1-2-20-16-24-27(23-17-26(38-31(37)28(20)23)22-10-6-7-11-25(22)34)30(36)33(29(24)35)21-12-14-32(15-13-21)18-19-8-4-3-5-9-19/h3-11,21,23-24,26-27,34,37H,2,12-18H2,1H3/t23-,24-,26-,27+/m0/s1. The summed E-state index contributed by atoms with van der Waals surface area (Å²) in [6.07, 6.45) is 2.67. The van der Waals surface area contributed by atoms with E-state index < -0.39 is 19.1 Å². The highest BCUT2D eigenvalue weighted by Crippen LogP contribution is 2.53. The molecule has 3 heterocycles. The lowest BCUT2D eigenvalue weighted by atomic mass is 9.55. The van der Waals surface area contributed by atoms with Crippen LogP contribution < -0.4 is 0 Å². The Morgan fingerprint density at radius 2 is 1.68 bits per heavy atom. The SMILES string of the molecule is CCC1=C2B(O)O[C@H](c3ccccc3O)C[C@H]2[C@H]2C(=O)N(C3CCN(Cc4ccccc4)CC3)C(=O)[C@H]2C1. The predicted molar refractivity (Wildman–Crippen MR) is 144 cm³/mol. The van der Waals surface area contributed by atoms with Crippen molar-refractivity contribution < 1.29 is 24.4 Å². The van der Waals surface area contributed by atoms with E-state index in [2.05, 4.69) is 29.2 Å². The molecule has 0 radical (unpaired) electrons. The number of hydrogen-bond donors (Lipinski definition) is 2. The zero-order chi connectivity index (χ0) is 26.4. The average Bonchev–Trinajstić information content (AvgIpc) is 3.18. The molecule has 2 amide bonds. The van der Waals surface area contributed by atoms with Crippen molar-refractivity contribution in [2.24, 2.45) is 17.8 Å². The summed E-state index contributed by atoms with van der Waals surface area (Å²) < 4.78 is 5.99. The summed E-state index contributed by atoms with van der Waals surface area (Å²) in [4.78, 5) is 31.7. The molecule has 0 aromatic heterocycles. The Labute approximate surface area is 224 Å². The molecule has 7 nitrogen and oxygen atoms in total. The number of phenols is 1. The van der Waals surface area contributed by atoms with E-state index in [-0.39, 0.29) is 35.4 Å². The van der Waals surface area contributed by atoms with E-state index in [1.807, 2.05) is 19.1 Å². The zero-order valence-corrected chi connectivity index (χ0v) is 21.8. The van der Waals surface area contributed by atoms with Gasteiger partial charge in [0.25, 0.3) is 0 Å². The number of allylic oxidation sites excluding steroid dienone is 2. The molecule has 0 saturated carbocycles. The van der Waals surface area contributed by atoms with Crippen molar-refractivity contribution >= 4 is 18.9 Å². The summed E-state index contributed by atoms with van der Waals surface area (Å²) in [5.41, 5.74) is 3.68. The van der Waals surface area contributed by atoms with Crippen LogP contribution in [0.3, 0.4) is 0 Å². The van der Waals surface area contributed by atoms with Gasteiger partial charge in [0.2, 0.25) is 11.8 Å². The van der Waals surface area contributed by atoms with Gasteiger partial charge in [-0.2, -0.15) is 0 Å². The number of aromatic hydroxyl groups is 1. The van der Waals surface area contributed by atoms with E-state index in [0.717, 1.165) is 43.5 Å². The maximum atomic E-state index is 14.0. The Morgan fingerprint density at radius 1 is 0.974 bits per heavy atom. The molecule has 0 bridgehead atoms. The molecule has 6 rings (SSSR count). The van der Waals surface area contributed by atoms with Crippen LogP contribution in [0.5, 0.6) is 5.75 Å². The third-order valence-electron chi connectivity index (χ3n) is 9.13. The summed E-state index contributed by atoms with van der Waals surface area (Å²) in [5, 5.41) is 21.5. The van der Waals surface area contributed by atoms with Gasteiger partial charge >= 0.3 is 7.12 Å². The average molecular weight is 514 g/mol. The van der Waals surface area contributed by atoms with Crippen LogP contribution in [-0.4, -0.2) is 58.0 Å². The normalized spacial score (nSPS) is 28.6. The van der Waals surface area contributed by atoms with E-state index >= 15 is 0 Å². The van der Waals surface area contributed by atoms with Crippen molar-refractivity contribution in [2.75, 3.05) is 13.1 Å². The summed E-state index contributed by atoms with van der Waals surface area (Å²) in [6.45, 7) is 4.60. The maximum absolute atomic E-state index is 14.0. The molecule has 3 saturated heterocycles. The molecule has 4 atom stereocenters.